The highest BCUT2D eigenvalue weighted by atomic mass is 32.2. The second-order valence-electron chi connectivity index (χ2n) is 6.24. The predicted octanol–water partition coefficient (Wildman–Crippen LogP) is 4.02. The second-order valence-corrected chi connectivity index (χ2v) is 7.18. The molecule has 1 amide bonds. The fourth-order valence-electron chi connectivity index (χ4n) is 2.59. The van der Waals surface area contributed by atoms with E-state index in [1.54, 1.807) is 48.0 Å². The van der Waals surface area contributed by atoms with Crippen molar-refractivity contribution in [1.82, 2.24) is 14.8 Å². The Kier molecular flexibility index (Phi) is 6.78. The van der Waals surface area contributed by atoms with Crippen LogP contribution in [-0.4, -0.2) is 38.8 Å². The molecular weight excluding hydrogens is 414 g/mol. The summed E-state index contributed by atoms with van der Waals surface area (Å²) >= 11 is 1.21. The van der Waals surface area contributed by atoms with Gasteiger partial charge in [0, 0.05) is 23.9 Å². The monoisotopic (exact) mass is 432 g/mol. The molecule has 0 atom stereocenters. The summed E-state index contributed by atoms with van der Waals surface area (Å²) in [5, 5.41) is 11.5. The van der Waals surface area contributed by atoms with E-state index >= 15 is 0 Å². The van der Waals surface area contributed by atoms with Gasteiger partial charge in [-0.15, -0.1) is 10.2 Å². The molecule has 0 saturated heterocycles. The number of carbonyl (C=O) groups is 2. The smallest absolute Gasteiger partial charge is 0.387 e. The minimum atomic E-state index is -2.88. The molecule has 7 nitrogen and oxygen atoms in total. The molecule has 0 aliphatic rings. The van der Waals surface area contributed by atoms with Gasteiger partial charge in [0.2, 0.25) is 5.91 Å². The Balaban J connectivity index is 1.59. The van der Waals surface area contributed by atoms with Gasteiger partial charge in [0.25, 0.3) is 0 Å². The number of aromatic nitrogens is 3. The normalized spacial score (nSPS) is 10.8. The lowest BCUT2D eigenvalue weighted by atomic mass is 10.1. The topological polar surface area (TPSA) is 86.1 Å². The van der Waals surface area contributed by atoms with Crippen molar-refractivity contribution in [2.24, 2.45) is 7.05 Å². The zero-order valence-corrected chi connectivity index (χ0v) is 17.0. The minimum Gasteiger partial charge on any atom is -0.435 e. The predicted molar refractivity (Wildman–Crippen MR) is 109 cm³/mol. The van der Waals surface area contributed by atoms with E-state index < -0.39 is 6.61 Å². The summed E-state index contributed by atoms with van der Waals surface area (Å²) in [7, 11) is 1.75. The van der Waals surface area contributed by atoms with E-state index in [0.717, 1.165) is 0 Å². The zero-order chi connectivity index (χ0) is 21.7. The van der Waals surface area contributed by atoms with Crippen LogP contribution >= 0.6 is 11.8 Å². The van der Waals surface area contributed by atoms with E-state index in [0.29, 0.717) is 27.8 Å². The Hall–Kier alpha value is -3.27. The maximum atomic E-state index is 12.3. The number of ketones is 1. The van der Waals surface area contributed by atoms with E-state index in [1.165, 1.54) is 30.8 Å². The van der Waals surface area contributed by atoms with Crippen molar-refractivity contribution in [3.8, 4) is 17.1 Å². The molecule has 10 heteroatoms. The summed E-state index contributed by atoms with van der Waals surface area (Å²) in [6.07, 6.45) is 0. The number of ether oxygens (including phenoxy) is 1. The number of halogens is 2. The number of anilines is 1. The third-order valence-electron chi connectivity index (χ3n) is 4.08. The first-order chi connectivity index (χ1) is 14.3. The van der Waals surface area contributed by atoms with E-state index in [9.17, 15) is 18.4 Å². The largest absolute Gasteiger partial charge is 0.435 e. The van der Waals surface area contributed by atoms with Gasteiger partial charge in [0.05, 0.1) is 5.75 Å². The lowest BCUT2D eigenvalue weighted by molar-refractivity contribution is -0.113. The van der Waals surface area contributed by atoms with Crippen LogP contribution < -0.4 is 10.1 Å². The first kappa shape index (κ1) is 21.4. The number of hydrogen-bond donors (Lipinski definition) is 1. The third kappa shape index (κ3) is 5.41. The van der Waals surface area contributed by atoms with Crippen molar-refractivity contribution >= 4 is 29.1 Å². The molecule has 3 aromatic rings. The number of alkyl halides is 2. The molecule has 0 radical (unpaired) electrons. The van der Waals surface area contributed by atoms with Crippen molar-refractivity contribution in [2.75, 3.05) is 11.1 Å². The summed E-state index contributed by atoms with van der Waals surface area (Å²) in [5.74, 6) is 0.424. The molecule has 2 aromatic carbocycles. The molecule has 156 valence electrons. The van der Waals surface area contributed by atoms with Crippen LogP contribution in [-0.2, 0) is 11.8 Å². The number of nitrogens with one attached hydrogen (secondary N) is 1. The van der Waals surface area contributed by atoms with Crippen LogP contribution in [0.15, 0.2) is 53.7 Å². The van der Waals surface area contributed by atoms with Gasteiger partial charge in [-0.3, -0.25) is 9.59 Å². The molecule has 0 saturated carbocycles. The Morgan fingerprint density at radius 1 is 1.10 bits per heavy atom. The van der Waals surface area contributed by atoms with Crippen LogP contribution in [0.4, 0.5) is 14.5 Å². The number of thioether (sulfide) groups is 1. The lowest BCUT2D eigenvalue weighted by Gasteiger charge is -2.07. The molecular formula is C20H18F2N4O3S. The Morgan fingerprint density at radius 2 is 1.77 bits per heavy atom. The molecule has 3 rings (SSSR count). The van der Waals surface area contributed by atoms with Crippen molar-refractivity contribution in [3.63, 3.8) is 0 Å². The molecule has 0 aliphatic heterocycles. The summed E-state index contributed by atoms with van der Waals surface area (Å²) < 4.78 is 30.5. The van der Waals surface area contributed by atoms with Crippen molar-refractivity contribution in [2.45, 2.75) is 18.7 Å². The fourth-order valence-corrected chi connectivity index (χ4v) is 3.30. The molecule has 1 N–H and O–H groups in total. The third-order valence-corrected chi connectivity index (χ3v) is 5.10. The molecule has 0 unspecified atom stereocenters. The maximum Gasteiger partial charge on any atom is 0.387 e. The quantitative estimate of drug-likeness (QED) is 0.428. The Morgan fingerprint density at radius 3 is 2.37 bits per heavy atom. The van der Waals surface area contributed by atoms with Gasteiger partial charge in [-0.2, -0.15) is 8.78 Å². The highest BCUT2D eigenvalue weighted by molar-refractivity contribution is 7.99. The van der Waals surface area contributed by atoms with E-state index in [-0.39, 0.29) is 23.2 Å². The van der Waals surface area contributed by atoms with Gasteiger partial charge >= 0.3 is 6.61 Å². The maximum absolute atomic E-state index is 12.3. The number of carbonyl (C=O) groups excluding carboxylic acids is 2. The molecule has 0 aliphatic carbocycles. The summed E-state index contributed by atoms with van der Waals surface area (Å²) in [4.78, 5) is 23.5. The first-order valence-electron chi connectivity index (χ1n) is 8.82. The minimum absolute atomic E-state index is 0.0438. The lowest BCUT2D eigenvalue weighted by Crippen LogP contribution is -2.14. The van der Waals surface area contributed by atoms with Crippen LogP contribution in [0.2, 0.25) is 0 Å². The molecule has 30 heavy (non-hydrogen) atoms. The van der Waals surface area contributed by atoms with Crippen LogP contribution in [0.25, 0.3) is 11.4 Å². The summed E-state index contributed by atoms with van der Waals surface area (Å²) in [6, 6.07) is 12.7. The number of hydrogen-bond acceptors (Lipinski definition) is 6. The van der Waals surface area contributed by atoms with Crippen LogP contribution in [0, 0.1) is 0 Å². The number of nitrogens with zero attached hydrogens (tertiary/aromatic N) is 3. The Labute approximate surface area is 175 Å². The van der Waals surface area contributed by atoms with Gasteiger partial charge in [0.1, 0.15) is 5.75 Å². The highest BCUT2D eigenvalue weighted by Gasteiger charge is 2.14. The van der Waals surface area contributed by atoms with Gasteiger partial charge in [-0.05, 0) is 55.5 Å². The zero-order valence-electron chi connectivity index (χ0n) is 16.1. The average Bonchev–Trinajstić information content (AvgIpc) is 3.07. The number of rotatable bonds is 8. The van der Waals surface area contributed by atoms with Gasteiger partial charge in [0.15, 0.2) is 16.8 Å². The number of amides is 1. The van der Waals surface area contributed by atoms with Crippen LogP contribution in [0.5, 0.6) is 5.75 Å². The second kappa shape index (κ2) is 9.49. The van der Waals surface area contributed by atoms with E-state index in [2.05, 4.69) is 20.3 Å². The first-order valence-corrected chi connectivity index (χ1v) is 9.80. The van der Waals surface area contributed by atoms with Crippen molar-refractivity contribution in [3.05, 3.63) is 54.1 Å². The van der Waals surface area contributed by atoms with Gasteiger partial charge in [-0.1, -0.05) is 11.8 Å². The Bertz CT molecular complexity index is 1040. The SMILES string of the molecule is CC(=O)c1ccc(NC(=O)CSc2nnc(-c3ccc(OC(F)F)cc3)n2C)cc1. The van der Waals surface area contributed by atoms with Crippen molar-refractivity contribution < 1.29 is 23.1 Å². The van der Waals surface area contributed by atoms with E-state index in [1.807, 2.05) is 0 Å². The highest BCUT2D eigenvalue weighted by Crippen LogP contribution is 2.25. The van der Waals surface area contributed by atoms with Crippen LogP contribution in [0.1, 0.15) is 17.3 Å². The molecule has 1 heterocycles. The fraction of sp³-hybridized carbons (Fsp3) is 0.200. The average molecular weight is 432 g/mol. The molecule has 0 spiro atoms. The van der Waals surface area contributed by atoms with E-state index in [4.69, 9.17) is 0 Å². The number of Topliss-reactive ketones (excluding diaryl/α,β-unsaturated/α-hetero) is 1. The molecule has 1 aromatic heterocycles. The van der Waals surface area contributed by atoms with Crippen LogP contribution in [0.3, 0.4) is 0 Å². The van der Waals surface area contributed by atoms with Crippen molar-refractivity contribution in [1.29, 1.82) is 0 Å². The number of benzene rings is 2. The van der Waals surface area contributed by atoms with Gasteiger partial charge in [-0.25, -0.2) is 0 Å². The van der Waals surface area contributed by atoms with Gasteiger partial charge < -0.3 is 14.6 Å². The molecule has 0 bridgehead atoms. The standard InChI is InChI=1S/C20H18F2N4O3S/c1-12(27)13-3-7-15(8-4-13)23-17(28)11-30-20-25-24-18(26(20)2)14-5-9-16(10-6-14)29-19(21)22/h3-10,19H,11H2,1-2H3,(H,23,28). The summed E-state index contributed by atoms with van der Waals surface area (Å²) in [6.45, 7) is -1.41. The summed E-state index contributed by atoms with van der Waals surface area (Å²) in [5.41, 5.74) is 1.84. The molecule has 0 fully saturated rings.